The van der Waals surface area contributed by atoms with Crippen LogP contribution in [0.15, 0.2) is 40.2 Å². The monoisotopic (exact) mass is 309 g/mol. The number of rotatable bonds is 4. The summed E-state index contributed by atoms with van der Waals surface area (Å²) in [7, 11) is 0. The Morgan fingerprint density at radius 3 is 2.59 bits per heavy atom. The highest BCUT2D eigenvalue weighted by atomic mass is 79.9. The molecule has 2 aromatic rings. The lowest BCUT2D eigenvalue weighted by atomic mass is 10.1. The normalized spacial score (nSPS) is 12.6. The molecular weight excluding hydrogens is 294 g/mol. The second-order valence-corrected chi connectivity index (χ2v) is 6.16. The third kappa shape index (κ3) is 3.66. The van der Waals surface area contributed by atoms with E-state index in [0.29, 0.717) is 6.04 Å². The van der Waals surface area contributed by atoms with Crippen molar-refractivity contribution < 1.29 is 0 Å². The van der Waals surface area contributed by atoms with E-state index in [1.54, 1.807) is 11.3 Å². The zero-order chi connectivity index (χ0) is 12.3. The first-order valence-electron chi connectivity index (χ1n) is 5.68. The van der Waals surface area contributed by atoms with Crippen molar-refractivity contribution in [1.29, 1.82) is 0 Å². The molecular formula is C14H16BrNS. The van der Waals surface area contributed by atoms with Gasteiger partial charge in [-0.3, -0.25) is 0 Å². The average Bonchev–Trinajstić information content (AvgIpc) is 2.73. The summed E-state index contributed by atoms with van der Waals surface area (Å²) in [5.41, 5.74) is 2.65. The Kier molecular flexibility index (Phi) is 4.37. The van der Waals surface area contributed by atoms with E-state index >= 15 is 0 Å². The molecule has 0 unspecified atom stereocenters. The van der Waals surface area contributed by atoms with Crippen molar-refractivity contribution in [3.05, 3.63) is 56.2 Å². The molecule has 1 N–H and O–H groups in total. The zero-order valence-corrected chi connectivity index (χ0v) is 12.4. The third-order valence-electron chi connectivity index (χ3n) is 2.78. The van der Waals surface area contributed by atoms with Crippen LogP contribution in [0.3, 0.4) is 0 Å². The van der Waals surface area contributed by atoms with Gasteiger partial charge in [0, 0.05) is 27.3 Å². The van der Waals surface area contributed by atoms with Crippen LogP contribution in [-0.2, 0) is 6.54 Å². The van der Waals surface area contributed by atoms with Crippen molar-refractivity contribution >= 4 is 27.3 Å². The molecule has 0 amide bonds. The van der Waals surface area contributed by atoms with Gasteiger partial charge in [-0.15, -0.1) is 11.3 Å². The van der Waals surface area contributed by atoms with E-state index in [1.165, 1.54) is 20.5 Å². The second-order valence-electron chi connectivity index (χ2n) is 4.24. The van der Waals surface area contributed by atoms with Gasteiger partial charge >= 0.3 is 0 Å². The van der Waals surface area contributed by atoms with Gasteiger partial charge in [-0.25, -0.2) is 0 Å². The molecule has 2 rings (SSSR count). The van der Waals surface area contributed by atoms with Crippen molar-refractivity contribution in [2.75, 3.05) is 0 Å². The Morgan fingerprint density at radius 1 is 1.29 bits per heavy atom. The largest absolute Gasteiger partial charge is 0.305 e. The second kappa shape index (κ2) is 5.80. The summed E-state index contributed by atoms with van der Waals surface area (Å²) >= 11 is 5.25. The minimum atomic E-state index is 0.386. The molecule has 0 saturated heterocycles. The fourth-order valence-corrected chi connectivity index (χ4v) is 3.08. The van der Waals surface area contributed by atoms with Crippen molar-refractivity contribution in [2.45, 2.75) is 26.4 Å². The molecule has 1 nitrogen and oxygen atoms in total. The summed E-state index contributed by atoms with van der Waals surface area (Å²) in [6, 6.07) is 11.3. The molecule has 0 radical (unpaired) electrons. The molecule has 0 saturated carbocycles. The molecule has 0 aliphatic rings. The van der Waals surface area contributed by atoms with Crippen LogP contribution in [0.25, 0.3) is 0 Å². The van der Waals surface area contributed by atoms with E-state index in [-0.39, 0.29) is 0 Å². The lowest BCUT2D eigenvalue weighted by molar-refractivity contribution is 0.579. The third-order valence-corrected chi connectivity index (χ3v) is 4.48. The van der Waals surface area contributed by atoms with Gasteiger partial charge in [0.15, 0.2) is 0 Å². The van der Waals surface area contributed by atoms with Gasteiger partial charge in [0.2, 0.25) is 0 Å². The topological polar surface area (TPSA) is 12.0 Å². The van der Waals surface area contributed by atoms with Gasteiger partial charge in [0.25, 0.3) is 0 Å². The summed E-state index contributed by atoms with van der Waals surface area (Å²) in [6.45, 7) is 5.24. The van der Waals surface area contributed by atoms with Crippen LogP contribution in [0.1, 0.15) is 29.0 Å². The fraction of sp³-hybridized carbons (Fsp3) is 0.286. The van der Waals surface area contributed by atoms with Gasteiger partial charge in [-0.2, -0.15) is 0 Å². The zero-order valence-electron chi connectivity index (χ0n) is 10.0. The maximum absolute atomic E-state index is 3.54. The molecule has 0 aliphatic heterocycles. The van der Waals surface area contributed by atoms with Crippen LogP contribution >= 0.6 is 27.3 Å². The molecule has 0 bridgehead atoms. The maximum Gasteiger partial charge on any atom is 0.0305 e. The number of thiophene rings is 1. The van der Waals surface area contributed by atoms with Crippen LogP contribution in [0.5, 0.6) is 0 Å². The maximum atomic E-state index is 3.54. The minimum absolute atomic E-state index is 0.386. The van der Waals surface area contributed by atoms with Gasteiger partial charge in [0.05, 0.1) is 0 Å². The van der Waals surface area contributed by atoms with Crippen molar-refractivity contribution in [2.24, 2.45) is 0 Å². The number of aryl methyl sites for hydroxylation is 1. The van der Waals surface area contributed by atoms with E-state index in [0.717, 1.165) is 6.54 Å². The van der Waals surface area contributed by atoms with E-state index in [9.17, 15) is 0 Å². The lowest BCUT2D eigenvalue weighted by Crippen LogP contribution is -2.17. The standard InChI is InChI=1S/C14H16BrNS/c1-10-3-5-12(6-4-10)11(2)16-8-14-7-13(15)9-17-14/h3-7,9,11,16H,8H2,1-2H3/t11-/m0/s1. The van der Waals surface area contributed by atoms with Gasteiger partial charge in [-0.05, 0) is 41.4 Å². The number of benzene rings is 1. The van der Waals surface area contributed by atoms with E-state index < -0.39 is 0 Å². The van der Waals surface area contributed by atoms with Crippen LogP contribution < -0.4 is 5.32 Å². The Morgan fingerprint density at radius 2 is 2.00 bits per heavy atom. The van der Waals surface area contributed by atoms with Crippen molar-refractivity contribution in [3.8, 4) is 0 Å². The molecule has 1 heterocycles. The summed E-state index contributed by atoms with van der Waals surface area (Å²) < 4.78 is 1.17. The average molecular weight is 310 g/mol. The van der Waals surface area contributed by atoms with Crippen LogP contribution in [0.2, 0.25) is 0 Å². The first-order valence-corrected chi connectivity index (χ1v) is 7.35. The van der Waals surface area contributed by atoms with Crippen LogP contribution in [0.4, 0.5) is 0 Å². The van der Waals surface area contributed by atoms with Gasteiger partial charge in [-0.1, -0.05) is 29.8 Å². The van der Waals surface area contributed by atoms with Crippen LogP contribution in [-0.4, -0.2) is 0 Å². The molecule has 17 heavy (non-hydrogen) atoms. The first-order chi connectivity index (χ1) is 8.15. The van der Waals surface area contributed by atoms with Crippen molar-refractivity contribution in [1.82, 2.24) is 5.32 Å². The molecule has 3 heteroatoms. The smallest absolute Gasteiger partial charge is 0.0305 e. The Hall–Kier alpha value is -0.640. The summed E-state index contributed by atoms with van der Waals surface area (Å²) in [5.74, 6) is 0. The highest BCUT2D eigenvalue weighted by molar-refractivity contribution is 9.10. The minimum Gasteiger partial charge on any atom is -0.305 e. The summed E-state index contributed by atoms with van der Waals surface area (Å²) in [6.07, 6.45) is 0. The van der Waals surface area contributed by atoms with Crippen LogP contribution in [0, 0.1) is 6.92 Å². The highest BCUT2D eigenvalue weighted by Crippen LogP contribution is 2.21. The Bertz CT molecular complexity index is 475. The number of halogens is 1. The predicted molar refractivity (Wildman–Crippen MR) is 78.5 cm³/mol. The molecule has 0 aliphatic carbocycles. The molecule has 1 aromatic carbocycles. The highest BCUT2D eigenvalue weighted by Gasteiger charge is 2.05. The molecule has 0 spiro atoms. The first kappa shape index (κ1) is 12.8. The molecule has 1 atom stereocenters. The number of nitrogens with one attached hydrogen (secondary N) is 1. The Labute approximate surface area is 115 Å². The van der Waals surface area contributed by atoms with E-state index in [1.807, 2.05) is 0 Å². The molecule has 90 valence electrons. The fourth-order valence-electron chi connectivity index (χ4n) is 1.67. The van der Waals surface area contributed by atoms with Gasteiger partial charge < -0.3 is 5.32 Å². The quantitative estimate of drug-likeness (QED) is 0.865. The number of hydrogen-bond donors (Lipinski definition) is 1. The SMILES string of the molecule is Cc1ccc([C@H](C)NCc2cc(Br)cs2)cc1. The number of hydrogen-bond acceptors (Lipinski definition) is 2. The Balaban J connectivity index is 1.93. The lowest BCUT2D eigenvalue weighted by Gasteiger charge is -2.13. The van der Waals surface area contributed by atoms with Crippen molar-refractivity contribution in [3.63, 3.8) is 0 Å². The molecule has 0 fully saturated rings. The van der Waals surface area contributed by atoms with E-state index in [4.69, 9.17) is 0 Å². The summed E-state index contributed by atoms with van der Waals surface area (Å²) in [5, 5.41) is 5.66. The summed E-state index contributed by atoms with van der Waals surface area (Å²) in [4.78, 5) is 1.36. The van der Waals surface area contributed by atoms with Gasteiger partial charge in [0.1, 0.15) is 0 Å². The van der Waals surface area contributed by atoms with E-state index in [2.05, 4.69) is 70.8 Å². The molecule has 1 aromatic heterocycles. The predicted octanol–water partition coefficient (Wildman–Crippen LogP) is 4.67.